The Bertz CT molecular complexity index is 607. The zero-order chi connectivity index (χ0) is 13.4. The lowest BCUT2D eigenvalue weighted by molar-refractivity contribution is 0.470. The maximum atomic E-state index is 11.4. The minimum Gasteiger partial charge on any atom is -0.308 e. The van der Waals surface area contributed by atoms with Crippen molar-refractivity contribution in [2.24, 2.45) is 0 Å². The molecule has 1 saturated heterocycles. The molecule has 0 saturated carbocycles. The zero-order valence-corrected chi connectivity index (χ0v) is 12.9. The van der Waals surface area contributed by atoms with Gasteiger partial charge in [0.25, 0.3) is 0 Å². The highest BCUT2D eigenvalue weighted by atomic mass is 32.2. The van der Waals surface area contributed by atoms with Crippen molar-refractivity contribution < 1.29 is 4.21 Å². The van der Waals surface area contributed by atoms with Crippen molar-refractivity contribution in [3.8, 4) is 0 Å². The third-order valence-electron chi connectivity index (χ3n) is 3.78. The van der Waals surface area contributed by atoms with Crippen LogP contribution in [0.5, 0.6) is 0 Å². The van der Waals surface area contributed by atoms with Crippen LogP contribution in [0.15, 0.2) is 5.38 Å². The molecular formula is C13H19N3OS2. The van der Waals surface area contributed by atoms with Gasteiger partial charge in [0.05, 0.1) is 11.4 Å². The van der Waals surface area contributed by atoms with E-state index in [-0.39, 0.29) is 0 Å². The molecule has 104 valence electrons. The number of thiazole rings is 1. The Balaban J connectivity index is 1.73. The smallest absolute Gasteiger partial charge is 0.194 e. The molecule has 2 aromatic heterocycles. The van der Waals surface area contributed by atoms with Crippen LogP contribution in [0.25, 0.3) is 4.96 Å². The van der Waals surface area contributed by atoms with Crippen molar-refractivity contribution in [1.29, 1.82) is 0 Å². The van der Waals surface area contributed by atoms with E-state index < -0.39 is 10.8 Å². The van der Waals surface area contributed by atoms with Crippen molar-refractivity contribution in [2.75, 3.05) is 11.5 Å². The number of hydrogen-bond donors (Lipinski definition) is 1. The Kier molecular flexibility index (Phi) is 3.73. The first-order valence-corrected chi connectivity index (χ1v) is 9.02. The Hall–Kier alpha value is -0.720. The summed E-state index contributed by atoms with van der Waals surface area (Å²) in [4.78, 5) is 5.68. The lowest BCUT2D eigenvalue weighted by atomic mass is 10.1. The fourth-order valence-electron chi connectivity index (χ4n) is 2.61. The van der Waals surface area contributed by atoms with Crippen LogP contribution in [0.2, 0.25) is 0 Å². The first-order chi connectivity index (χ1) is 9.15. The summed E-state index contributed by atoms with van der Waals surface area (Å²) in [6, 6.07) is 0.501. The fourth-order valence-corrected chi connectivity index (χ4v) is 4.84. The predicted molar refractivity (Wildman–Crippen MR) is 80.3 cm³/mol. The number of hydrogen-bond acceptors (Lipinski definition) is 4. The largest absolute Gasteiger partial charge is 0.308 e. The molecule has 1 aliphatic heterocycles. The molecule has 2 aromatic rings. The van der Waals surface area contributed by atoms with Crippen LogP contribution in [-0.2, 0) is 17.3 Å². The van der Waals surface area contributed by atoms with Crippen molar-refractivity contribution in [1.82, 2.24) is 14.7 Å². The summed E-state index contributed by atoms with van der Waals surface area (Å²) >= 11 is 1.69. The Morgan fingerprint density at radius 2 is 2.21 bits per heavy atom. The molecule has 6 heteroatoms. The van der Waals surface area contributed by atoms with E-state index in [4.69, 9.17) is 0 Å². The third kappa shape index (κ3) is 2.61. The van der Waals surface area contributed by atoms with Crippen LogP contribution >= 0.6 is 11.3 Å². The monoisotopic (exact) mass is 297 g/mol. The summed E-state index contributed by atoms with van der Waals surface area (Å²) in [6.45, 7) is 5.05. The summed E-state index contributed by atoms with van der Waals surface area (Å²) in [5.41, 5.74) is 3.63. The van der Waals surface area contributed by atoms with Crippen molar-refractivity contribution >= 4 is 27.1 Å². The van der Waals surface area contributed by atoms with Crippen molar-refractivity contribution in [3.05, 3.63) is 22.5 Å². The minimum absolute atomic E-state index is 0.501. The van der Waals surface area contributed by atoms with Gasteiger partial charge in [-0.25, -0.2) is 4.98 Å². The van der Waals surface area contributed by atoms with Gasteiger partial charge in [0, 0.05) is 46.0 Å². The van der Waals surface area contributed by atoms with Gasteiger partial charge < -0.3 is 5.32 Å². The molecule has 0 radical (unpaired) electrons. The van der Waals surface area contributed by atoms with E-state index in [0.717, 1.165) is 41.5 Å². The summed E-state index contributed by atoms with van der Waals surface area (Å²) in [7, 11) is -0.581. The van der Waals surface area contributed by atoms with Gasteiger partial charge in [0.1, 0.15) is 0 Å². The minimum atomic E-state index is -0.581. The van der Waals surface area contributed by atoms with Gasteiger partial charge in [-0.2, -0.15) is 0 Å². The van der Waals surface area contributed by atoms with Gasteiger partial charge in [-0.05, 0) is 26.7 Å². The van der Waals surface area contributed by atoms with Gasteiger partial charge in [0.15, 0.2) is 4.96 Å². The van der Waals surface area contributed by atoms with E-state index in [0.29, 0.717) is 6.04 Å². The van der Waals surface area contributed by atoms with Crippen LogP contribution in [0.1, 0.15) is 29.9 Å². The van der Waals surface area contributed by atoms with Gasteiger partial charge in [-0.1, -0.05) is 0 Å². The Morgan fingerprint density at radius 3 is 2.95 bits per heavy atom. The van der Waals surface area contributed by atoms with Crippen LogP contribution in [0.4, 0.5) is 0 Å². The Morgan fingerprint density at radius 1 is 1.47 bits per heavy atom. The molecule has 0 aliphatic carbocycles. The van der Waals surface area contributed by atoms with Crippen LogP contribution in [0, 0.1) is 13.8 Å². The van der Waals surface area contributed by atoms with E-state index in [9.17, 15) is 4.21 Å². The number of nitrogens with one attached hydrogen (secondary N) is 1. The molecule has 0 spiro atoms. The number of nitrogens with zero attached hydrogens (tertiary/aromatic N) is 2. The number of aryl methyl sites for hydroxylation is 2. The summed E-state index contributed by atoms with van der Waals surface area (Å²) < 4.78 is 13.6. The van der Waals surface area contributed by atoms with Crippen LogP contribution in [-0.4, -0.2) is 31.1 Å². The topological polar surface area (TPSA) is 46.4 Å². The molecule has 0 aromatic carbocycles. The molecule has 0 bridgehead atoms. The molecule has 4 nitrogen and oxygen atoms in total. The lowest BCUT2D eigenvalue weighted by Gasteiger charge is -2.22. The number of aromatic nitrogens is 2. The number of imidazole rings is 1. The standard InChI is InChI=1S/C13H19N3OS2/c1-9-8-18-13-15-10(2)12(16(9)13)7-14-11-3-5-19(17)6-4-11/h8,11,14H,3-7H2,1-2H3. The number of fused-ring (bicyclic) bond motifs is 1. The highest BCUT2D eigenvalue weighted by Crippen LogP contribution is 2.20. The lowest BCUT2D eigenvalue weighted by Crippen LogP contribution is -2.35. The SMILES string of the molecule is Cc1nc2scc(C)n2c1CNC1CCS(=O)CC1. The summed E-state index contributed by atoms with van der Waals surface area (Å²) in [5, 5.41) is 5.75. The van der Waals surface area contributed by atoms with E-state index in [1.165, 1.54) is 11.4 Å². The van der Waals surface area contributed by atoms with E-state index >= 15 is 0 Å². The average molecular weight is 297 g/mol. The third-order valence-corrected chi connectivity index (χ3v) is 6.10. The molecule has 0 unspecified atom stereocenters. The molecule has 3 rings (SSSR count). The van der Waals surface area contributed by atoms with Gasteiger partial charge >= 0.3 is 0 Å². The van der Waals surface area contributed by atoms with E-state index in [1.807, 2.05) is 0 Å². The fraction of sp³-hybridized carbons (Fsp3) is 0.615. The second-order valence-electron chi connectivity index (χ2n) is 5.14. The van der Waals surface area contributed by atoms with Gasteiger partial charge in [-0.15, -0.1) is 11.3 Å². The van der Waals surface area contributed by atoms with Crippen molar-refractivity contribution in [3.63, 3.8) is 0 Å². The molecule has 19 heavy (non-hydrogen) atoms. The van der Waals surface area contributed by atoms with Crippen LogP contribution in [0.3, 0.4) is 0 Å². The maximum Gasteiger partial charge on any atom is 0.194 e. The Labute approximate surface area is 119 Å². The normalized spacial score (nSPS) is 24.1. The molecule has 0 atom stereocenters. The predicted octanol–water partition coefficient (Wildman–Crippen LogP) is 2.01. The second kappa shape index (κ2) is 5.34. The molecule has 1 aliphatic rings. The maximum absolute atomic E-state index is 11.4. The molecular weight excluding hydrogens is 278 g/mol. The zero-order valence-electron chi connectivity index (χ0n) is 11.3. The van der Waals surface area contributed by atoms with Gasteiger partial charge in [-0.3, -0.25) is 8.61 Å². The highest BCUT2D eigenvalue weighted by Gasteiger charge is 2.19. The summed E-state index contributed by atoms with van der Waals surface area (Å²) in [6.07, 6.45) is 2.05. The van der Waals surface area contributed by atoms with Crippen molar-refractivity contribution in [2.45, 2.75) is 39.3 Å². The molecule has 1 fully saturated rings. The van der Waals surface area contributed by atoms with E-state index in [2.05, 4.69) is 33.9 Å². The molecule has 3 heterocycles. The molecule has 1 N–H and O–H groups in total. The van der Waals surface area contributed by atoms with E-state index in [1.54, 1.807) is 11.3 Å². The average Bonchev–Trinajstić information content (AvgIpc) is 2.89. The number of rotatable bonds is 3. The quantitative estimate of drug-likeness (QED) is 0.943. The first kappa shape index (κ1) is 13.3. The van der Waals surface area contributed by atoms with Gasteiger partial charge in [0.2, 0.25) is 0 Å². The van der Waals surface area contributed by atoms with Crippen LogP contribution < -0.4 is 5.32 Å². The highest BCUT2D eigenvalue weighted by molar-refractivity contribution is 7.85. The second-order valence-corrected chi connectivity index (χ2v) is 7.67. The first-order valence-electron chi connectivity index (χ1n) is 6.65. The summed E-state index contributed by atoms with van der Waals surface area (Å²) in [5.74, 6) is 1.69. The molecule has 0 amide bonds.